The van der Waals surface area contributed by atoms with Crippen LogP contribution >= 0.6 is 0 Å². The molecule has 0 aliphatic carbocycles. The standard InChI is InChI=1S/C15H21NO6S/c1-3-4-14(17)16(12-7-5-11(2)6-8-12)13(15(18)19)9-10-23(20,21)22/h5-8,13H,3-4,9-10H2,1-2H3,(H,18,19)(H,20,21,22)/t13-/m0/s1. The first-order chi connectivity index (χ1) is 10.7. The number of aryl methyl sites for hydroxylation is 1. The average Bonchev–Trinajstić information content (AvgIpc) is 2.43. The summed E-state index contributed by atoms with van der Waals surface area (Å²) in [6, 6.07) is 5.35. The van der Waals surface area contributed by atoms with Gasteiger partial charge in [-0.2, -0.15) is 8.42 Å². The molecule has 0 aliphatic rings. The van der Waals surface area contributed by atoms with E-state index in [4.69, 9.17) is 4.55 Å². The van der Waals surface area contributed by atoms with Gasteiger partial charge in [0.15, 0.2) is 0 Å². The van der Waals surface area contributed by atoms with Crippen molar-refractivity contribution in [3.05, 3.63) is 29.8 Å². The molecule has 0 radical (unpaired) electrons. The summed E-state index contributed by atoms with van der Waals surface area (Å²) in [7, 11) is -4.31. The van der Waals surface area contributed by atoms with Gasteiger partial charge in [0, 0.05) is 12.1 Å². The van der Waals surface area contributed by atoms with Crippen LogP contribution in [-0.4, -0.2) is 41.7 Å². The molecule has 0 fully saturated rings. The van der Waals surface area contributed by atoms with Crippen LogP contribution in [0, 0.1) is 6.92 Å². The molecule has 0 heterocycles. The maximum absolute atomic E-state index is 12.3. The van der Waals surface area contributed by atoms with Gasteiger partial charge in [-0.05, 0) is 31.9 Å². The topological polar surface area (TPSA) is 112 Å². The molecule has 0 aromatic heterocycles. The molecule has 7 nitrogen and oxygen atoms in total. The lowest BCUT2D eigenvalue weighted by Crippen LogP contribution is -2.46. The number of nitrogens with zero attached hydrogens (tertiary/aromatic N) is 1. The maximum atomic E-state index is 12.3. The average molecular weight is 343 g/mol. The highest BCUT2D eigenvalue weighted by Crippen LogP contribution is 2.22. The fraction of sp³-hybridized carbons (Fsp3) is 0.467. The Kier molecular flexibility index (Phi) is 6.71. The Hall–Kier alpha value is -1.93. The van der Waals surface area contributed by atoms with Crippen LogP contribution in [0.15, 0.2) is 24.3 Å². The Balaban J connectivity index is 3.19. The summed E-state index contributed by atoms with van der Waals surface area (Å²) in [4.78, 5) is 25.0. The summed E-state index contributed by atoms with van der Waals surface area (Å²) in [5, 5.41) is 9.40. The molecule has 0 bridgehead atoms. The van der Waals surface area contributed by atoms with Crippen LogP contribution in [0.5, 0.6) is 0 Å². The third-order valence-electron chi connectivity index (χ3n) is 3.29. The molecular weight excluding hydrogens is 322 g/mol. The second-order valence-corrected chi connectivity index (χ2v) is 6.85. The first-order valence-corrected chi connectivity index (χ1v) is 8.83. The Bertz CT molecular complexity index is 653. The van der Waals surface area contributed by atoms with E-state index in [1.54, 1.807) is 31.2 Å². The molecule has 0 unspecified atom stereocenters. The van der Waals surface area contributed by atoms with Gasteiger partial charge in [0.25, 0.3) is 10.1 Å². The molecule has 1 aromatic carbocycles. The van der Waals surface area contributed by atoms with Crippen molar-refractivity contribution in [3.63, 3.8) is 0 Å². The van der Waals surface area contributed by atoms with E-state index >= 15 is 0 Å². The Morgan fingerprint density at radius 2 is 1.78 bits per heavy atom. The highest BCUT2D eigenvalue weighted by Gasteiger charge is 2.31. The number of carbonyl (C=O) groups excluding carboxylic acids is 1. The molecule has 0 spiro atoms. The monoisotopic (exact) mass is 343 g/mol. The van der Waals surface area contributed by atoms with E-state index in [0.717, 1.165) is 10.5 Å². The van der Waals surface area contributed by atoms with E-state index in [0.29, 0.717) is 12.1 Å². The number of anilines is 1. The minimum atomic E-state index is -4.31. The largest absolute Gasteiger partial charge is 0.480 e. The predicted octanol–water partition coefficient (Wildman–Crippen LogP) is 1.86. The third-order valence-corrected chi connectivity index (χ3v) is 4.04. The van der Waals surface area contributed by atoms with Crippen LogP contribution in [-0.2, 0) is 19.7 Å². The van der Waals surface area contributed by atoms with Crippen molar-refractivity contribution < 1.29 is 27.7 Å². The van der Waals surface area contributed by atoms with Gasteiger partial charge in [0.1, 0.15) is 6.04 Å². The minimum absolute atomic E-state index is 0.142. The summed E-state index contributed by atoms with van der Waals surface area (Å²) < 4.78 is 30.7. The van der Waals surface area contributed by atoms with E-state index in [1.165, 1.54) is 0 Å². The summed E-state index contributed by atoms with van der Waals surface area (Å²) in [5.41, 5.74) is 1.33. The molecule has 0 aliphatic heterocycles. The molecule has 128 valence electrons. The molecule has 0 saturated carbocycles. The van der Waals surface area contributed by atoms with Gasteiger partial charge in [-0.25, -0.2) is 4.79 Å². The molecule has 1 atom stereocenters. The summed E-state index contributed by atoms with van der Waals surface area (Å²) in [6.45, 7) is 3.65. The zero-order valence-corrected chi connectivity index (χ0v) is 13.9. The van der Waals surface area contributed by atoms with Gasteiger partial charge in [-0.3, -0.25) is 14.2 Å². The van der Waals surface area contributed by atoms with Crippen molar-refractivity contribution in [3.8, 4) is 0 Å². The van der Waals surface area contributed by atoms with Gasteiger partial charge in [-0.1, -0.05) is 24.6 Å². The molecule has 1 rings (SSSR count). The zero-order valence-electron chi connectivity index (χ0n) is 13.1. The number of hydrogen-bond donors (Lipinski definition) is 2. The smallest absolute Gasteiger partial charge is 0.326 e. The number of benzene rings is 1. The number of rotatable bonds is 8. The van der Waals surface area contributed by atoms with Gasteiger partial charge in [-0.15, -0.1) is 0 Å². The summed E-state index contributed by atoms with van der Waals surface area (Å²) in [6.07, 6.45) is 0.285. The van der Waals surface area contributed by atoms with Crippen LogP contribution in [0.4, 0.5) is 5.69 Å². The van der Waals surface area contributed by atoms with Gasteiger partial charge >= 0.3 is 5.97 Å². The van der Waals surface area contributed by atoms with Gasteiger partial charge < -0.3 is 5.11 Å². The lowest BCUT2D eigenvalue weighted by Gasteiger charge is -2.29. The Morgan fingerprint density at radius 1 is 1.22 bits per heavy atom. The summed E-state index contributed by atoms with van der Waals surface area (Å²) >= 11 is 0. The van der Waals surface area contributed by atoms with E-state index in [-0.39, 0.29) is 6.42 Å². The van der Waals surface area contributed by atoms with Crippen molar-refractivity contribution in [1.82, 2.24) is 0 Å². The van der Waals surface area contributed by atoms with Crippen molar-refractivity contribution in [2.24, 2.45) is 0 Å². The highest BCUT2D eigenvalue weighted by molar-refractivity contribution is 7.85. The predicted molar refractivity (Wildman–Crippen MR) is 86.0 cm³/mol. The number of carbonyl (C=O) groups is 2. The normalized spacial score (nSPS) is 12.7. The molecule has 1 aromatic rings. The van der Waals surface area contributed by atoms with Crippen molar-refractivity contribution in [1.29, 1.82) is 0 Å². The molecule has 23 heavy (non-hydrogen) atoms. The van der Waals surface area contributed by atoms with Crippen molar-refractivity contribution >= 4 is 27.7 Å². The number of carboxylic acid groups (broad SMARTS) is 1. The van der Waals surface area contributed by atoms with Crippen molar-refractivity contribution in [2.45, 2.75) is 39.2 Å². The second kappa shape index (κ2) is 8.07. The lowest BCUT2D eigenvalue weighted by atomic mass is 10.1. The van der Waals surface area contributed by atoms with E-state index < -0.39 is 40.2 Å². The highest BCUT2D eigenvalue weighted by atomic mass is 32.2. The maximum Gasteiger partial charge on any atom is 0.326 e. The fourth-order valence-corrected chi connectivity index (χ4v) is 2.68. The SMILES string of the molecule is CCCC(=O)N(c1ccc(C)cc1)[C@@H](CCS(=O)(=O)O)C(=O)O. The molecule has 2 N–H and O–H groups in total. The van der Waals surface area contributed by atoms with Crippen LogP contribution in [0.25, 0.3) is 0 Å². The van der Waals surface area contributed by atoms with E-state index in [9.17, 15) is 23.1 Å². The fourth-order valence-electron chi connectivity index (χ4n) is 2.16. The van der Waals surface area contributed by atoms with Crippen LogP contribution in [0.3, 0.4) is 0 Å². The van der Waals surface area contributed by atoms with E-state index in [2.05, 4.69) is 0 Å². The first-order valence-electron chi connectivity index (χ1n) is 7.22. The van der Waals surface area contributed by atoms with Gasteiger partial charge in [0.05, 0.1) is 5.75 Å². The Labute approximate surface area is 135 Å². The lowest BCUT2D eigenvalue weighted by molar-refractivity contribution is -0.140. The van der Waals surface area contributed by atoms with Gasteiger partial charge in [0.2, 0.25) is 5.91 Å². The molecule has 1 amide bonds. The second-order valence-electron chi connectivity index (χ2n) is 5.28. The van der Waals surface area contributed by atoms with Crippen LogP contribution < -0.4 is 4.90 Å². The third kappa shape index (κ3) is 5.99. The molecular formula is C15H21NO6S. The summed E-state index contributed by atoms with van der Waals surface area (Å²) in [5.74, 6) is -2.45. The number of aliphatic carboxylic acids is 1. The zero-order chi connectivity index (χ0) is 17.6. The minimum Gasteiger partial charge on any atom is -0.480 e. The van der Waals surface area contributed by atoms with Crippen molar-refractivity contribution in [2.75, 3.05) is 10.7 Å². The number of hydrogen-bond acceptors (Lipinski definition) is 4. The van der Waals surface area contributed by atoms with E-state index in [1.807, 2.05) is 6.92 Å². The molecule has 8 heteroatoms. The first kappa shape index (κ1) is 19.1. The number of carboxylic acids is 1. The number of amides is 1. The van der Waals surface area contributed by atoms with Crippen LogP contribution in [0.2, 0.25) is 0 Å². The van der Waals surface area contributed by atoms with Crippen LogP contribution in [0.1, 0.15) is 31.7 Å². The quantitative estimate of drug-likeness (QED) is 0.697. The molecule has 0 saturated heterocycles. The Morgan fingerprint density at radius 3 is 2.22 bits per heavy atom.